The number of aromatic nitrogens is 1. The molecule has 0 bridgehead atoms. The number of nitrogens with zero attached hydrogens (tertiary/aromatic N) is 5. The molecule has 0 radical (unpaired) electrons. The van der Waals surface area contributed by atoms with E-state index in [2.05, 4.69) is 56.6 Å². The molecular weight excluding hydrogens is 482 g/mol. The van der Waals surface area contributed by atoms with Crippen LogP contribution in [0.2, 0.25) is 0 Å². The molecule has 2 aliphatic heterocycles. The highest BCUT2D eigenvalue weighted by atomic mass is 16.2. The van der Waals surface area contributed by atoms with Crippen molar-refractivity contribution in [1.82, 2.24) is 14.8 Å². The fraction of sp³-hybridized carbons (Fsp3) is 0.333. The van der Waals surface area contributed by atoms with E-state index in [4.69, 9.17) is 12.8 Å². The molecule has 0 spiro atoms. The molecule has 6 heteroatoms. The van der Waals surface area contributed by atoms with E-state index in [9.17, 15) is 4.79 Å². The first kappa shape index (κ1) is 26.4. The number of carbonyl (C=O) groups excluding carboxylic acids is 1. The second kappa shape index (κ2) is 11.6. The van der Waals surface area contributed by atoms with E-state index in [-0.39, 0.29) is 5.91 Å². The molecule has 0 N–H and O–H groups in total. The molecule has 2 fully saturated rings. The Balaban J connectivity index is 1.23. The van der Waals surface area contributed by atoms with Gasteiger partial charge in [-0.15, -0.1) is 12.8 Å². The lowest BCUT2D eigenvalue weighted by Gasteiger charge is -2.37. The lowest BCUT2D eigenvalue weighted by atomic mass is 9.98. The number of amides is 1. The third kappa shape index (κ3) is 5.62. The van der Waals surface area contributed by atoms with Crippen LogP contribution in [0.3, 0.4) is 0 Å². The van der Waals surface area contributed by atoms with Gasteiger partial charge in [-0.3, -0.25) is 9.69 Å². The van der Waals surface area contributed by atoms with Crippen LogP contribution in [0.5, 0.6) is 0 Å². The van der Waals surface area contributed by atoms with Crippen molar-refractivity contribution in [3.8, 4) is 24.7 Å². The lowest BCUT2D eigenvalue weighted by Crippen LogP contribution is -2.49. The van der Waals surface area contributed by atoms with Gasteiger partial charge in [0.05, 0.1) is 11.3 Å². The summed E-state index contributed by atoms with van der Waals surface area (Å²) in [5, 5.41) is 0. The van der Waals surface area contributed by atoms with Gasteiger partial charge in [0.1, 0.15) is 5.82 Å². The predicted molar refractivity (Wildman–Crippen MR) is 158 cm³/mol. The summed E-state index contributed by atoms with van der Waals surface area (Å²) in [6.45, 7) is 11.5. The highest BCUT2D eigenvalue weighted by molar-refractivity contribution is 5.96. The number of benzene rings is 2. The average molecular weight is 518 g/mol. The minimum Gasteiger partial charge on any atom is -0.367 e. The van der Waals surface area contributed by atoms with Crippen LogP contribution in [-0.2, 0) is 6.54 Å². The van der Waals surface area contributed by atoms with Crippen LogP contribution in [0, 0.1) is 38.5 Å². The Labute approximate surface area is 232 Å². The molecule has 0 aliphatic carbocycles. The summed E-state index contributed by atoms with van der Waals surface area (Å²) in [6.07, 6.45) is 13.2. The Morgan fingerprint density at radius 3 is 2.21 bits per heavy atom. The van der Waals surface area contributed by atoms with Gasteiger partial charge in [-0.2, -0.15) is 0 Å². The number of hydrogen-bond acceptors (Lipinski definition) is 5. The van der Waals surface area contributed by atoms with Crippen LogP contribution in [0.4, 0.5) is 11.5 Å². The molecule has 2 aliphatic rings. The maximum atomic E-state index is 13.6. The van der Waals surface area contributed by atoms with Crippen LogP contribution in [-0.4, -0.2) is 73.0 Å². The van der Waals surface area contributed by atoms with Gasteiger partial charge in [0.2, 0.25) is 0 Å². The van der Waals surface area contributed by atoms with Crippen molar-refractivity contribution in [2.24, 2.45) is 0 Å². The minimum atomic E-state index is 0.112. The monoisotopic (exact) mass is 517 g/mol. The number of carbonyl (C=O) groups is 1. The molecule has 198 valence electrons. The number of anilines is 2. The molecule has 39 heavy (non-hydrogen) atoms. The first-order valence-corrected chi connectivity index (χ1v) is 13.6. The van der Waals surface area contributed by atoms with Gasteiger partial charge in [-0.1, -0.05) is 30.0 Å². The van der Waals surface area contributed by atoms with Gasteiger partial charge in [0.15, 0.2) is 0 Å². The summed E-state index contributed by atoms with van der Waals surface area (Å²) in [4.78, 5) is 27.1. The van der Waals surface area contributed by atoms with Crippen LogP contribution in [0.1, 0.15) is 38.2 Å². The Kier molecular flexibility index (Phi) is 7.87. The number of terminal acetylenes is 2. The summed E-state index contributed by atoms with van der Waals surface area (Å²) < 4.78 is 0. The molecule has 6 nitrogen and oxygen atoms in total. The lowest BCUT2D eigenvalue weighted by molar-refractivity contribution is 0.0746. The van der Waals surface area contributed by atoms with Crippen LogP contribution < -0.4 is 9.80 Å². The topological polar surface area (TPSA) is 42.9 Å². The number of piperazine rings is 2. The predicted octanol–water partition coefficient (Wildman–Crippen LogP) is 3.95. The molecule has 5 rings (SSSR count). The first-order valence-electron chi connectivity index (χ1n) is 13.6. The van der Waals surface area contributed by atoms with Gasteiger partial charge in [0.25, 0.3) is 5.91 Å². The van der Waals surface area contributed by atoms with Gasteiger partial charge < -0.3 is 14.7 Å². The molecule has 1 aromatic heterocycles. The number of para-hydroxylation sites is 1. The van der Waals surface area contributed by atoms with Crippen LogP contribution in [0.15, 0.2) is 54.7 Å². The van der Waals surface area contributed by atoms with Gasteiger partial charge in [-0.25, -0.2) is 4.98 Å². The van der Waals surface area contributed by atoms with Crippen LogP contribution in [0.25, 0.3) is 0 Å². The van der Waals surface area contributed by atoms with E-state index in [1.165, 1.54) is 11.1 Å². The number of aryl methyl sites for hydroxylation is 2. The quantitative estimate of drug-likeness (QED) is 0.480. The molecule has 3 heterocycles. The van der Waals surface area contributed by atoms with Crippen molar-refractivity contribution in [3.63, 3.8) is 0 Å². The average Bonchev–Trinajstić information content (AvgIpc) is 2.98. The number of pyridine rings is 1. The molecule has 0 unspecified atom stereocenters. The third-order valence-corrected chi connectivity index (χ3v) is 7.89. The van der Waals surface area contributed by atoms with E-state index in [1.54, 1.807) is 6.20 Å². The number of hydrogen-bond donors (Lipinski definition) is 0. The smallest absolute Gasteiger partial charge is 0.254 e. The van der Waals surface area contributed by atoms with Crippen molar-refractivity contribution < 1.29 is 4.79 Å². The fourth-order valence-corrected chi connectivity index (χ4v) is 5.61. The van der Waals surface area contributed by atoms with Crippen LogP contribution >= 0.6 is 0 Å². The Morgan fingerprint density at radius 2 is 1.49 bits per heavy atom. The molecule has 0 saturated carbocycles. The highest BCUT2D eigenvalue weighted by Gasteiger charge is 2.26. The normalized spacial score (nSPS) is 16.1. The highest BCUT2D eigenvalue weighted by Crippen LogP contribution is 2.25. The van der Waals surface area contributed by atoms with E-state index in [1.807, 2.05) is 42.2 Å². The van der Waals surface area contributed by atoms with Crippen molar-refractivity contribution >= 4 is 17.4 Å². The Hall–Kier alpha value is -4.26. The van der Waals surface area contributed by atoms with Crippen molar-refractivity contribution in [1.29, 1.82) is 0 Å². The standard InChI is InChI=1S/C33H35N5O/c1-5-27-10-7-8-12-31(27)36-18-20-38(21-19-36)33(39)30-23-29(25(3)22-26(30)4)24-35-14-16-37(17-15-35)32-28(6-2)11-9-13-34-32/h1-2,7-13,22-23H,14-21,24H2,3-4H3. The molecule has 0 atom stereocenters. The number of rotatable bonds is 5. The van der Waals surface area contributed by atoms with Crippen molar-refractivity contribution in [3.05, 3.63) is 88.1 Å². The van der Waals surface area contributed by atoms with E-state index in [0.29, 0.717) is 13.1 Å². The first-order chi connectivity index (χ1) is 19.0. The summed E-state index contributed by atoms with van der Waals surface area (Å²) in [5.41, 5.74) is 7.07. The molecule has 1 amide bonds. The Bertz CT molecular complexity index is 1430. The summed E-state index contributed by atoms with van der Waals surface area (Å²) in [7, 11) is 0. The summed E-state index contributed by atoms with van der Waals surface area (Å²) in [5.74, 6) is 6.54. The second-order valence-electron chi connectivity index (χ2n) is 10.3. The van der Waals surface area contributed by atoms with E-state index >= 15 is 0 Å². The largest absolute Gasteiger partial charge is 0.367 e. The molecule has 3 aromatic rings. The summed E-state index contributed by atoms with van der Waals surface area (Å²) >= 11 is 0. The maximum absolute atomic E-state index is 13.6. The maximum Gasteiger partial charge on any atom is 0.254 e. The summed E-state index contributed by atoms with van der Waals surface area (Å²) in [6, 6.07) is 16.1. The van der Waals surface area contributed by atoms with E-state index < -0.39 is 0 Å². The zero-order valence-electron chi connectivity index (χ0n) is 22.9. The SMILES string of the molecule is C#Cc1ccccc1N1CCN(C(=O)c2cc(CN3CCN(c4ncccc4C#C)CC3)c(C)cc2C)CC1. The fourth-order valence-electron chi connectivity index (χ4n) is 5.61. The van der Waals surface area contributed by atoms with Crippen molar-refractivity contribution in [2.45, 2.75) is 20.4 Å². The van der Waals surface area contributed by atoms with E-state index in [0.717, 1.165) is 79.6 Å². The Morgan fingerprint density at radius 1 is 0.821 bits per heavy atom. The third-order valence-electron chi connectivity index (χ3n) is 7.89. The second-order valence-corrected chi connectivity index (χ2v) is 10.3. The van der Waals surface area contributed by atoms with Crippen molar-refractivity contribution in [2.75, 3.05) is 62.2 Å². The molecular formula is C33H35N5O. The zero-order valence-corrected chi connectivity index (χ0v) is 22.9. The molecule has 2 aromatic carbocycles. The van der Waals surface area contributed by atoms with Gasteiger partial charge in [-0.05, 0) is 60.9 Å². The minimum absolute atomic E-state index is 0.112. The molecule has 2 saturated heterocycles. The zero-order chi connectivity index (χ0) is 27.4. The van der Waals surface area contributed by atoms with Gasteiger partial charge >= 0.3 is 0 Å². The van der Waals surface area contributed by atoms with Gasteiger partial charge in [0, 0.05) is 76.2 Å².